The van der Waals surface area contributed by atoms with E-state index in [0.29, 0.717) is 17.5 Å². The molecule has 2 rings (SSSR count). The van der Waals surface area contributed by atoms with Crippen LogP contribution in [0.1, 0.15) is 35.6 Å². The topological polar surface area (TPSA) is 26.0 Å². The van der Waals surface area contributed by atoms with Crippen molar-refractivity contribution in [2.75, 3.05) is 0 Å². The lowest BCUT2D eigenvalue weighted by molar-refractivity contribution is -0.138. The van der Waals surface area contributed by atoms with Gasteiger partial charge in [-0.05, 0) is 36.5 Å². The molecule has 0 radical (unpaired) electrons. The fraction of sp³-hybridized carbons (Fsp3) is 0.455. The molecule has 1 aliphatic rings. The van der Waals surface area contributed by atoms with Crippen molar-refractivity contribution < 1.29 is 13.2 Å². The van der Waals surface area contributed by atoms with E-state index in [0.717, 1.165) is 18.9 Å². The molecule has 1 atom stereocenters. The van der Waals surface area contributed by atoms with Crippen molar-refractivity contribution >= 4 is 0 Å². The van der Waals surface area contributed by atoms with Crippen molar-refractivity contribution in [3.63, 3.8) is 0 Å². The zero-order chi connectivity index (χ0) is 11.1. The molecule has 0 aromatic heterocycles. The van der Waals surface area contributed by atoms with Crippen LogP contribution >= 0.6 is 0 Å². The molecular formula is C11H12F3N. The first-order valence-corrected chi connectivity index (χ1v) is 4.94. The van der Waals surface area contributed by atoms with Crippen LogP contribution in [0.15, 0.2) is 18.2 Å². The lowest BCUT2D eigenvalue weighted by Gasteiger charge is -2.25. The van der Waals surface area contributed by atoms with Crippen LogP contribution in [0.4, 0.5) is 13.2 Å². The predicted octanol–water partition coefficient (Wildman–Crippen LogP) is 3.04. The molecule has 0 heterocycles. The number of fused-ring (bicyclic) bond motifs is 1. The molecule has 0 spiro atoms. The molecule has 1 aliphatic carbocycles. The quantitative estimate of drug-likeness (QED) is 0.707. The van der Waals surface area contributed by atoms with Crippen molar-refractivity contribution in [1.29, 1.82) is 0 Å². The Hall–Kier alpha value is -1.03. The Labute approximate surface area is 86.1 Å². The molecule has 0 saturated carbocycles. The van der Waals surface area contributed by atoms with E-state index in [9.17, 15) is 13.2 Å². The fourth-order valence-corrected chi connectivity index (χ4v) is 2.15. The SMILES string of the molecule is NC1CCCc2c1cccc2C(F)(F)F. The first-order valence-electron chi connectivity index (χ1n) is 4.94. The van der Waals surface area contributed by atoms with E-state index in [1.807, 2.05) is 0 Å². The van der Waals surface area contributed by atoms with Crippen LogP contribution < -0.4 is 5.73 Å². The Morgan fingerprint density at radius 1 is 1.27 bits per heavy atom. The Balaban J connectivity index is 2.54. The molecule has 0 saturated heterocycles. The van der Waals surface area contributed by atoms with Gasteiger partial charge in [0.15, 0.2) is 0 Å². The van der Waals surface area contributed by atoms with E-state index in [-0.39, 0.29) is 6.04 Å². The minimum atomic E-state index is -4.26. The van der Waals surface area contributed by atoms with E-state index in [2.05, 4.69) is 0 Å². The second-order valence-corrected chi connectivity index (χ2v) is 3.87. The lowest BCUT2D eigenvalue weighted by atomic mass is 9.85. The number of hydrogen-bond acceptors (Lipinski definition) is 1. The second-order valence-electron chi connectivity index (χ2n) is 3.87. The van der Waals surface area contributed by atoms with Gasteiger partial charge in [0.2, 0.25) is 0 Å². The maximum absolute atomic E-state index is 12.7. The van der Waals surface area contributed by atoms with Crippen LogP contribution in [-0.4, -0.2) is 0 Å². The molecular weight excluding hydrogens is 203 g/mol. The van der Waals surface area contributed by atoms with Gasteiger partial charge in [0, 0.05) is 6.04 Å². The molecule has 15 heavy (non-hydrogen) atoms. The van der Waals surface area contributed by atoms with Gasteiger partial charge < -0.3 is 5.73 Å². The average molecular weight is 215 g/mol. The second kappa shape index (κ2) is 3.52. The standard InChI is InChI=1S/C11H12F3N/c12-11(13,14)9-5-1-4-8-7(9)3-2-6-10(8)15/h1,4-5,10H,2-3,6,15H2. The largest absolute Gasteiger partial charge is 0.416 e. The first-order chi connectivity index (χ1) is 7.00. The van der Waals surface area contributed by atoms with Gasteiger partial charge in [-0.1, -0.05) is 12.1 Å². The summed E-state index contributed by atoms with van der Waals surface area (Å²) in [7, 11) is 0. The highest BCUT2D eigenvalue weighted by molar-refractivity contribution is 5.40. The van der Waals surface area contributed by atoms with E-state index in [1.54, 1.807) is 6.07 Å². The smallest absolute Gasteiger partial charge is 0.324 e. The Morgan fingerprint density at radius 3 is 2.67 bits per heavy atom. The number of hydrogen-bond donors (Lipinski definition) is 1. The fourth-order valence-electron chi connectivity index (χ4n) is 2.15. The molecule has 82 valence electrons. The summed E-state index contributed by atoms with van der Waals surface area (Å²) in [6.07, 6.45) is -2.27. The molecule has 1 aromatic carbocycles. The summed E-state index contributed by atoms with van der Waals surface area (Å²) in [6, 6.07) is 4.04. The lowest BCUT2D eigenvalue weighted by Crippen LogP contribution is -2.21. The first kappa shape index (κ1) is 10.5. The van der Waals surface area contributed by atoms with Crippen molar-refractivity contribution in [3.05, 3.63) is 34.9 Å². The monoisotopic (exact) mass is 215 g/mol. The predicted molar refractivity (Wildman–Crippen MR) is 51.3 cm³/mol. The van der Waals surface area contributed by atoms with E-state index >= 15 is 0 Å². The number of halogens is 3. The third-order valence-corrected chi connectivity index (χ3v) is 2.86. The molecule has 0 amide bonds. The van der Waals surface area contributed by atoms with E-state index in [4.69, 9.17) is 5.73 Å². The van der Waals surface area contributed by atoms with E-state index < -0.39 is 11.7 Å². The van der Waals surface area contributed by atoms with Crippen molar-refractivity contribution in [3.8, 4) is 0 Å². The molecule has 1 unspecified atom stereocenters. The number of alkyl halides is 3. The summed E-state index contributed by atoms with van der Waals surface area (Å²) in [5.41, 5.74) is 6.33. The molecule has 2 N–H and O–H groups in total. The molecule has 0 bridgehead atoms. The van der Waals surface area contributed by atoms with Crippen LogP contribution in [0.5, 0.6) is 0 Å². The van der Waals surface area contributed by atoms with Gasteiger partial charge in [-0.3, -0.25) is 0 Å². The summed E-state index contributed by atoms with van der Waals surface area (Å²) in [4.78, 5) is 0. The highest BCUT2D eigenvalue weighted by atomic mass is 19.4. The maximum atomic E-state index is 12.7. The van der Waals surface area contributed by atoms with Gasteiger partial charge in [0.1, 0.15) is 0 Å². The third-order valence-electron chi connectivity index (χ3n) is 2.86. The maximum Gasteiger partial charge on any atom is 0.416 e. The van der Waals surface area contributed by atoms with E-state index in [1.165, 1.54) is 6.07 Å². The third kappa shape index (κ3) is 1.86. The zero-order valence-corrected chi connectivity index (χ0v) is 8.14. The van der Waals surface area contributed by atoms with Crippen LogP contribution in [0, 0.1) is 0 Å². The van der Waals surface area contributed by atoms with Gasteiger partial charge in [-0.25, -0.2) is 0 Å². The van der Waals surface area contributed by atoms with Crippen molar-refractivity contribution in [2.24, 2.45) is 5.73 Å². The Morgan fingerprint density at radius 2 is 2.00 bits per heavy atom. The van der Waals surface area contributed by atoms with Crippen LogP contribution in [0.25, 0.3) is 0 Å². The van der Waals surface area contributed by atoms with Gasteiger partial charge in [-0.2, -0.15) is 13.2 Å². The molecule has 0 aliphatic heterocycles. The number of rotatable bonds is 0. The van der Waals surface area contributed by atoms with Gasteiger partial charge in [0.25, 0.3) is 0 Å². The number of benzene rings is 1. The summed E-state index contributed by atoms with van der Waals surface area (Å²) < 4.78 is 38.0. The Bertz CT molecular complexity index is 371. The molecule has 0 fully saturated rings. The van der Waals surface area contributed by atoms with Gasteiger partial charge in [0.05, 0.1) is 5.56 Å². The highest BCUT2D eigenvalue weighted by Gasteiger charge is 2.35. The summed E-state index contributed by atoms with van der Waals surface area (Å²) in [5.74, 6) is 0. The van der Waals surface area contributed by atoms with Crippen LogP contribution in [0.2, 0.25) is 0 Å². The highest BCUT2D eigenvalue weighted by Crippen LogP contribution is 2.38. The minimum absolute atomic E-state index is 0.240. The summed E-state index contributed by atoms with van der Waals surface area (Å²) >= 11 is 0. The zero-order valence-electron chi connectivity index (χ0n) is 8.14. The van der Waals surface area contributed by atoms with Crippen LogP contribution in [-0.2, 0) is 12.6 Å². The molecule has 4 heteroatoms. The molecule has 1 aromatic rings. The average Bonchev–Trinajstić information content (AvgIpc) is 2.16. The summed E-state index contributed by atoms with van der Waals surface area (Å²) in [6.45, 7) is 0. The summed E-state index contributed by atoms with van der Waals surface area (Å²) in [5, 5.41) is 0. The van der Waals surface area contributed by atoms with Crippen molar-refractivity contribution in [1.82, 2.24) is 0 Å². The normalized spacial score (nSPS) is 21.2. The minimum Gasteiger partial charge on any atom is -0.324 e. The number of nitrogens with two attached hydrogens (primary N) is 1. The Kier molecular flexibility index (Phi) is 2.46. The van der Waals surface area contributed by atoms with Crippen LogP contribution in [0.3, 0.4) is 0 Å². The molecule has 1 nitrogen and oxygen atoms in total. The van der Waals surface area contributed by atoms with Gasteiger partial charge in [-0.15, -0.1) is 0 Å². The van der Waals surface area contributed by atoms with Gasteiger partial charge >= 0.3 is 6.18 Å². The van der Waals surface area contributed by atoms with Crippen molar-refractivity contribution in [2.45, 2.75) is 31.5 Å².